The van der Waals surface area contributed by atoms with Crippen LogP contribution in [0.3, 0.4) is 0 Å². The Morgan fingerprint density at radius 1 is 1.10 bits per heavy atom. The molecule has 4 aromatic rings. The summed E-state index contributed by atoms with van der Waals surface area (Å²) in [5.74, 6) is -1.06. The standard InChI is InChI=1S/C31H26N2O7S/c1-4-39-21-10-11-22-24(15-21)41-31(32-22)33-26(17-5-7-18(8-6-17)30(37)38-3)25(28(35)29(33)36)27(34)19-9-12-23-20(14-19)13-16(2)40-23/h5-12,14-16,26,34H,4,13H2,1-3H3. The van der Waals surface area contributed by atoms with Crippen LogP contribution in [0.1, 0.15) is 46.9 Å². The number of ketones is 1. The summed E-state index contributed by atoms with van der Waals surface area (Å²) < 4.78 is 17.0. The Hall–Kier alpha value is -4.70. The van der Waals surface area contributed by atoms with Gasteiger partial charge in [0, 0.05) is 12.0 Å². The largest absolute Gasteiger partial charge is 0.507 e. The molecule has 1 amide bonds. The molecule has 2 atom stereocenters. The number of benzene rings is 3. The zero-order valence-electron chi connectivity index (χ0n) is 22.5. The normalized spacial score (nSPS) is 19.3. The van der Waals surface area contributed by atoms with Crippen molar-refractivity contribution >= 4 is 50.1 Å². The summed E-state index contributed by atoms with van der Waals surface area (Å²) >= 11 is 1.24. The Kier molecular flexibility index (Phi) is 6.70. The molecule has 10 heteroatoms. The SMILES string of the molecule is CCOc1ccc2nc(N3C(=O)C(=O)C(=C(O)c4ccc5c(c4)CC(C)O5)C3c3ccc(C(=O)OC)cc3)sc2c1. The van der Waals surface area contributed by atoms with E-state index in [1.54, 1.807) is 54.6 Å². The van der Waals surface area contributed by atoms with Crippen LogP contribution < -0.4 is 14.4 Å². The van der Waals surface area contributed by atoms with Gasteiger partial charge in [-0.1, -0.05) is 23.5 Å². The van der Waals surface area contributed by atoms with Crippen molar-refractivity contribution in [3.63, 3.8) is 0 Å². The van der Waals surface area contributed by atoms with E-state index in [9.17, 15) is 19.5 Å². The fourth-order valence-corrected chi connectivity index (χ4v) is 6.26. The molecule has 1 saturated heterocycles. The molecule has 9 nitrogen and oxygen atoms in total. The zero-order chi connectivity index (χ0) is 28.8. The highest BCUT2D eigenvalue weighted by Crippen LogP contribution is 2.45. The van der Waals surface area contributed by atoms with Gasteiger partial charge in [0.1, 0.15) is 23.4 Å². The van der Waals surface area contributed by atoms with Crippen LogP contribution in [-0.4, -0.2) is 47.6 Å². The molecule has 0 saturated carbocycles. The number of ether oxygens (including phenoxy) is 3. The quantitative estimate of drug-likeness (QED) is 0.141. The second-order valence-electron chi connectivity index (χ2n) is 9.80. The molecular formula is C31H26N2O7S. The molecular weight excluding hydrogens is 544 g/mol. The van der Waals surface area contributed by atoms with Gasteiger partial charge in [-0.2, -0.15) is 0 Å². The van der Waals surface area contributed by atoms with Crippen molar-refractivity contribution in [1.29, 1.82) is 0 Å². The van der Waals surface area contributed by atoms with Crippen LogP contribution in [0.15, 0.2) is 66.2 Å². The van der Waals surface area contributed by atoms with E-state index < -0.39 is 23.7 Å². The molecule has 0 radical (unpaired) electrons. The Morgan fingerprint density at radius 3 is 2.59 bits per heavy atom. The molecule has 3 heterocycles. The number of carbonyl (C=O) groups is 3. The highest BCUT2D eigenvalue weighted by Gasteiger charge is 2.48. The predicted octanol–water partition coefficient (Wildman–Crippen LogP) is 5.43. The van der Waals surface area contributed by atoms with E-state index in [2.05, 4.69) is 4.98 Å². The van der Waals surface area contributed by atoms with Gasteiger partial charge in [-0.3, -0.25) is 14.5 Å². The molecule has 2 aliphatic rings. The molecule has 6 rings (SSSR count). The number of esters is 1. The smallest absolute Gasteiger partial charge is 0.337 e. The fraction of sp³-hybridized carbons (Fsp3) is 0.226. The molecule has 2 aliphatic heterocycles. The lowest BCUT2D eigenvalue weighted by molar-refractivity contribution is -0.132. The summed E-state index contributed by atoms with van der Waals surface area (Å²) in [5, 5.41) is 11.8. The van der Waals surface area contributed by atoms with Crippen LogP contribution in [0.5, 0.6) is 11.5 Å². The molecule has 41 heavy (non-hydrogen) atoms. The Labute approximate surface area is 239 Å². The summed E-state index contributed by atoms with van der Waals surface area (Å²) in [4.78, 5) is 45.2. The zero-order valence-corrected chi connectivity index (χ0v) is 23.4. The van der Waals surface area contributed by atoms with Crippen LogP contribution in [-0.2, 0) is 20.7 Å². The van der Waals surface area contributed by atoms with Crippen molar-refractivity contribution in [2.45, 2.75) is 32.4 Å². The number of amides is 1. The maximum Gasteiger partial charge on any atom is 0.337 e. The fourth-order valence-electron chi connectivity index (χ4n) is 5.24. The van der Waals surface area contributed by atoms with Gasteiger partial charge in [0.25, 0.3) is 5.78 Å². The molecule has 208 valence electrons. The number of rotatable bonds is 6. The minimum Gasteiger partial charge on any atom is -0.507 e. The monoisotopic (exact) mass is 570 g/mol. The predicted molar refractivity (Wildman–Crippen MR) is 154 cm³/mol. The number of anilines is 1. The van der Waals surface area contributed by atoms with Crippen molar-refractivity contribution in [2.24, 2.45) is 0 Å². The van der Waals surface area contributed by atoms with Gasteiger partial charge in [0.15, 0.2) is 5.13 Å². The first-order valence-corrected chi connectivity index (χ1v) is 13.9. The van der Waals surface area contributed by atoms with Gasteiger partial charge in [0.05, 0.1) is 41.1 Å². The molecule has 2 unspecified atom stereocenters. The lowest BCUT2D eigenvalue weighted by atomic mass is 9.94. The van der Waals surface area contributed by atoms with Crippen LogP contribution in [0, 0.1) is 0 Å². The number of nitrogens with zero attached hydrogens (tertiary/aromatic N) is 2. The first kappa shape index (κ1) is 26.5. The van der Waals surface area contributed by atoms with Gasteiger partial charge < -0.3 is 19.3 Å². The lowest BCUT2D eigenvalue weighted by Crippen LogP contribution is -2.29. The molecule has 1 fully saturated rings. The molecule has 1 N–H and O–H groups in total. The second-order valence-corrected chi connectivity index (χ2v) is 10.8. The number of Topliss-reactive ketones (excluding diaryl/α,β-unsaturated/α-hetero) is 1. The number of hydrogen-bond acceptors (Lipinski definition) is 9. The van der Waals surface area contributed by atoms with Gasteiger partial charge in [0.2, 0.25) is 0 Å². The third kappa shape index (κ3) is 4.59. The Balaban J connectivity index is 1.50. The van der Waals surface area contributed by atoms with E-state index in [1.807, 2.05) is 19.9 Å². The third-order valence-corrected chi connectivity index (χ3v) is 8.14. The summed E-state index contributed by atoms with van der Waals surface area (Å²) in [6.07, 6.45) is 0.669. The van der Waals surface area contributed by atoms with E-state index in [0.29, 0.717) is 46.1 Å². The van der Waals surface area contributed by atoms with E-state index >= 15 is 0 Å². The number of fused-ring (bicyclic) bond motifs is 2. The average molecular weight is 571 g/mol. The van der Waals surface area contributed by atoms with E-state index in [1.165, 1.54) is 23.3 Å². The van der Waals surface area contributed by atoms with Crippen molar-refractivity contribution in [1.82, 2.24) is 4.98 Å². The van der Waals surface area contributed by atoms with E-state index in [0.717, 1.165) is 16.0 Å². The van der Waals surface area contributed by atoms with Gasteiger partial charge >= 0.3 is 11.9 Å². The van der Waals surface area contributed by atoms with Crippen LogP contribution in [0.4, 0.5) is 5.13 Å². The number of aliphatic hydroxyl groups excluding tert-OH is 1. The van der Waals surface area contributed by atoms with Crippen LogP contribution in [0.2, 0.25) is 0 Å². The maximum absolute atomic E-state index is 13.6. The van der Waals surface area contributed by atoms with E-state index in [-0.39, 0.29) is 17.4 Å². The number of thiazole rings is 1. The topological polar surface area (TPSA) is 115 Å². The number of methoxy groups -OCH3 is 1. The van der Waals surface area contributed by atoms with Gasteiger partial charge in [-0.15, -0.1) is 0 Å². The number of hydrogen-bond donors (Lipinski definition) is 1. The molecule has 0 aliphatic carbocycles. The first-order chi connectivity index (χ1) is 19.8. The number of carbonyl (C=O) groups excluding carboxylic acids is 3. The highest BCUT2D eigenvalue weighted by atomic mass is 32.1. The van der Waals surface area contributed by atoms with E-state index in [4.69, 9.17) is 14.2 Å². The molecule has 0 bridgehead atoms. The maximum atomic E-state index is 13.6. The van der Waals surface area contributed by atoms with Crippen molar-refractivity contribution in [3.05, 3.63) is 88.5 Å². The lowest BCUT2D eigenvalue weighted by Gasteiger charge is -2.23. The average Bonchev–Trinajstić information content (AvgIpc) is 3.64. The Bertz CT molecular complexity index is 1740. The van der Waals surface area contributed by atoms with Crippen LogP contribution in [0.25, 0.3) is 16.0 Å². The first-order valence-electron chi connectivity index (χ1n) is 13.1. The third-order valence-electron chi connectivity index (χ3n) is 7.13. The summed E-state index contributed by atoms with van der Waals surface area (Å²) in [7, 11) is 1.29. The second kappa shape index (κ2) is 10.4. The summed E-state index contributed by atoms with van der Waals surface area (Å²) in [6, 6.07) is 16.1. The van der Waals surface area contributed by atoms with Crippen molar-refractivity contribution < 1.29 is 33.7 Å². The minimum absolute atomic E-state index is 0.00331. The summed E-state index contributed by atoms with van der Waals surface area (Å²) in [6.45, 7) is 4.35. The molecule has 3 aromatic carbocycles. The minimum atomic E-state index is -0.989. The van der Waals surface area contributed by atoms with Crippen molar-refractivity contribution in [3.8, 4) is 11.5 Å². The van der Waals surface area contributed by atoms with Crippen LogP contribution >= 0.6 is 11.3 Å². The van der Waals surface area contributed by atoms with Crippen molar-refractivity contribution in [2.75, 3.05) is 18.6 Å². The summed E-state index contributed by atoms with van der Waals surface area (Å²) in [5.41, 5.74) is 2.72. The molecule has 1 aromatic heterocycles. The van der Waals surface area contributed by atoms with Gasteiger partial charge in [-0.25, -0.2) is 9.78 Å². The molecule has 0 spiro atoms. The number of aromatic nitrogens is 1. The van der Waals surface area contributed by atoms with Gasteiger partial charge in [-0.05, 0) is 73.5 Å². The number of aliphatic hydroxyl groups is 1. The Morgan fingerprint density at radius 2 is 1.85 bits per heavy atom. The highest BCUT2D eigenvalue weighted by molar-refractivity contribution is 7.22.